The molecule has 1 aromatic carbocycles. The molecule has 1 atom stereocenters. The van der Waals surface area contributed by atoms with Crippen molar-refractivity contribution < 1.29 is 0 Å². The lowest BCUT2D eigenvalue weighted by molar-refractivity contribution is 0.480. The Hall–Kier alpha value is -0.820. The van der Waals surface area contributed by atoms with Crippen LogP contribution in [0.5, 0.6) is 0 Å². The minimum Gasteiger partial charge on any atom is -0.330 e. The zero-order valence-electron chi connectivity index (χ0n) is 12.7. The van der Waals surface area contributed by atoms with Crippen molar-refractivity contribution in [3.05, 3.63) is 35.4 Å². The lowest BCUT2D eigenvalue weighted by Crippen LogP contribution is -2.12. The zero-order chi connectivity index (χ0) is 13.8. The van der Waals surface area contributed by atoms with Gasteiger partial charge in [-0.1, -0.05) is 58.9 Å². The molecule has 0 aromatic heterocycles. The van der Waals surface area contributed by atoms with Crippen molar-refractivity contribution in [1.29, 1.82) is 0 Å². The summed E-state index contributed by atoms with van der Waals surface area (Å²) in [5.41, 5.74) is 8.83. The van der Waals surface area contributed by atoms with E-state index in [4.69, 9.17) is 5.73 Å². The summed E-state index contributed by atoms with van der Waals surface area (Å²) in [6.45, 7) is 12.1. The molecule has 0 saturated heterocycles. The molecule has 0 radical (unpaired) electrons. The van der Waals surface area contributed by atoms with E-state index in [2.05, 4.69) is 58.9 Å². The molecule has 0 bridgehead atoms. The van der Waals surface area contributed by atoms with E-state index in [1.165, 1.54) is 17.5 Å². The highest BCUT2D eigenvalue weighted by atomic mass is 14.5. The Morgan fingerprint density at radius 3 is 2.00 bits per heavy atom. The van der Waals surface area contributed by atoms with Crippen LogP contribution in [0, 0.1) is 5.92 Å². The Morgan fingerprint density at radius 1 is 1.06 bits per heavy atom. The van der Waals surface area contributed by atoms with Gasteiger partial charge in [0.1, 0.15) is 0 Å². The fraction of sp³-hybridized carbons (Fsp3) is 0.647. The molecule has 1 heteroatoms. The Kier molecular flexibility index (Phi) is 5.40. The van der Waals surface area contributed by atoms with Crippen molar-refractivity contribution in [3.8, 4) is 0 Å². The molecule has 0 spiro atoms. The molecule has 0 amide bonds. The summed E-state index contributed by atoms with van der Waals surface area (Å²) in [5.74, 6) is 1.34. The highest BCUT2D eigenvalue weighted by Crippen LogP contribution is 2.29. The van der Waals surface area contributed by atoms with E-state index in [-0.39, 0.29) is 5.41 Å². The van der Waals surface area contributed by atoms with E-state index < -0.39 is 0 Å². The van der Waals surface area contributed by atoms with E-state index in [1.807, 2.05) is 0 Å². The second-order valence-corrected chi connectivity index (χ2v) is 6.78. The Bertz CT molecular complexity index is 343. The second-order valence-electron chi connectivity index (χ2n) is 6.78. The van der Waals surface area contributed by atoms with Gasteiger partial charge in [0.25, 0.3) is 0 Å². The van der Waals surface area contributed by atoms with Gasteiger partial charge in [0, 0.05) is 0 Å². The van der Waals surface area contributed by atoms with Gasteiger partial charge in [-0.05, 0) is 47.8 Å². The maximum absolute atomic E-state index is 5.74. The Labute approximate surface area is 113 Å². The van der Waals surface area contributed by atoms with Crippen LogP contribution >= 0.6 is 0 Å². The molecular formula is C17H29N. The first-order chi connectivity index (χ1) is 8.34. The van der Waals surface area contributed by atoms with Gasteiger partial charge in [-0.25, -0.2) is 0 Å². The van der Waals surface area contributed by atoms with Crippen molar-refractivity contribution in [1.82, 2.24) is 0 Å². The quantitative estimate of drug-likeness (QED) is 0.816. The third kappa shape index (κ3) is 4.45. The molecule has 2 N–H and O–H groups in total. The van der Waals surface area contributed by atoms with Gasteiger partial charge in [0.15, 0.2) is 0 Å². The smallest absolute Gasteiger partial charge is 0.00714 e. The summed E-state index contributed by atoms with van der Waals surface area (Å²) in [5, 5.41) is 0. The number of hydrogen-bond donors (Lipinski definition) is 1. The van der Waals surface area contributed by atoms with Crippen LogP contribution in [-0.4, -0.2) is 6.54 Å². The van der Waals surface area contributed by atoms with Crippen LogP contribution in [0.25, 0.3) is 0 Å². The SMILES string of the molecule is CC(C)CC(CCN)c1ccc(C(C)(C)C)cc1. The third-order valence-corrected chi connectivity index (χ3v) is 3.52. The topological polar surface area (TPSA) is 26.0 Å². The van der Waals surface area contributed by atoms with Crippen molar-refractivity contribution in [2.24, 2.45) is 11.7 Å². The summed E-state index contributed by atoms with van der Waals surface area (Å²) in [7, 11) is 0. The van der Waals surface area contributed by atoms with Gasteiger partial charge in [-0.2, -0.15) is 0 Å². The molecule has 1 aromatic rings. The first kappa shape index (κ1) is 15.2. The maximum Gasteiger partial charge on any atom is -0.00714 e. The molecule has 0 heterocycles. The van der Waals surface area contributed by atoms with Crippen molar-refractivity contribution in [2.75, 3.05) is 6.54 Å². The molecular weight excluding hydrogens is 218 g/mol. The van der Waals surface area contributed by atoms with Gasteiger partial charge in [0.05, 0.1) is 0 Å². The van der Waals surface area contributed by atoms with E-state index in [1.54, 1.807) is 0 Å². The highest BCUT2D eigenvalue weighted by molar-refractivity contribution is 5.29. The van der Waals surface area contributed by atoms with Crippen LogP contribution in [0.3, 0.4) is 0 Å². The number of rotatable bonds is 5. The maximum atomic E-state index is 5.74. The average Bonchev–Trinajstić information content (AvgIpc) is 2.27. The fourth-order valence-electron chi connectivity index (χ4n) is 2.45. The molecule has 1 unspecified atom stereocenters. The van der Waals surface area contributed by atoms with E-state index in [9.17, 15) is 0 Å². The van der Waals surface area contributed by atoms with Gasteiger partial charge < -0.3 is 5.73 Å². The van der Waals surface area contributed by atoms with Crippen molar-refractivity contribution >= 4 is 0 Å². The minimum atomic E-state index is 0.236. The van der Waals surface area contributed by atoms with Crippen molar-refractivity contribution in [3.63, 3.8) is 0 Å². The predicted molar refractivity (Wildman–Crippen MR) is 81.0 cm³/mol. The van der Waals surface area contributed by atoms with E-state index >= 15 is 0 Å². The monoisotopic (exact) mass is 247 g/mol. The van der Waals surface area contributed by atoms with Gasteiger partial charge in [0.2, 0.25) is 0 Å². The van der Waals surface area contributed by atoms with Crippen LogP contribution < -0.4 is 5.73 Å². The normalized spacial score (nSPS) is 13.9. The second kappa shape index (κ2) is 6.38. The zero-order valence-corrected chi connectivity index (χ0v) is 12.7. The molecule has 0 aliphatic rings. The average molecular weight is 247 g/mol. The third-order valence-electron chi connectivity index (χ3n) is 3.52. The van der Waals surface area contributed by atoms with Crippen LogP contribution in [0.4, 0.5) is 0 Å². The molecule has 1 rings (SSSR count). The van der Waals surface area contributed by atoms with Gasteiger partial charge >= 0.3 is 0 Å². The standard InChI is InChI=1S/C17H29N/c1-13(2)12-15(10-11-18)14-6-8-16(9-7-14)17(3,4)5/h6-9,13,15H,10-12,18H2,1-5H3. The first-order valence-corrected chi connectivity index (χ1v) is 7.15. The highest BCUT2D eigenvalue weighted by Gasteiger charge is 2.16. The summed E-state index contributed by atoms with van der Waals surface area (Å²) in [6.07, 6.45) is 2.32. The summed E-state index contributed by atoms with van der Waals surface area (Å²) >= 11 is 0. The molecule has 102 valence electrons. The van der Waals surface area contributed by atoms with Crippen LogP contribution in [0.1, 0.15) is 64.5 Å². The Balaban J connectivity index is 2.86. The van der Waals surface area contributed by atoms with Crippen LogP contribution in [0.15, 0.2) is 24.3 Å². The fourth-order valence-corrected chi connectivity index (χ4v) is 2.45. The van der Waals surface area contributed by atoms with Crippen LogP contribution in [-0.2, 0) is 5.41 Å². The molecule has 0 aliphatic carbocycles. The van der Waals surface area contributed by atoms with Gasteiger partial charge in [-0.15, -0.1) is 0 Å². The summed E-state index contributed by atoms with van der Waals surface area (Å²) < 4.78 is 0. The lowest BCUT2D eigenvalue weighted by atomic mass is 9.83. The molecule has 0 aliphatic heterocycles. The molecule has 18 heavy (non-hydrogen) atoms. The minimum absolute atomic E-state index is 0.236. The summed E-state index contributed by atoms with van der Waals surface area (Å²) in [6, 6.07) is 9.14. The van der Waals surface area contributed by atoms with Crippen LogP contribution in [0.2, 0.25) is 0 Å². The number of nitrogens with two attached hydrogens (primary N) is 1. The Morgan fingerprint density at radius 2 is 1.61 bits per heavy atom. The predicted octanol–water partition coefficient (Wildman–Crippen LogP) is 4.46. The van der Waals surface area contributed by atoms with Crippen molar-refractivity contribution in [2.45, 2.75) is 58.8 Å². The number of benzene rings is 1. The molecule has 0 fully saturated rings. The van der Waals surface area contributed by atoms with Gasteiger partial charge in [-0.3, -0.25) is 0 Å². The van der Waals surface area contributed by atoms with E-state index in [0.717, 1.165) is 18.9 Å². The molecule has 1 nitrogen and oxygen atoms in total. The lowest BCUT2D eigenvalue weighted by Gasteiger charge is -2.22. The first-order valence-electron chi connectivity index (χ1n) is 7.15. The number of hydrogen-bond acceptors (Lipinski definition) is 1. The molecule has 0 saturated carbocycles. The van der Waals surface area contributed by atoms with E-state index in [0.29, 0.717) is 5.92 Å². The largest absolute Gasteiger partial charge is 0.330 e. The summed E-state index contributed by atoms with van der Waals surface area (Å²) in [4.78, 5) is 0.